The molecule has 0 amide bonds. The van der Waals surface area contributed by atoms with Gasteiger partial charge < -0.3 is 23.1 Å². The summed E-state index contributed by atoms with van der Waals surface area (Å²) in [5.41, 5.74) is 1.58. The first kappa shape index (κ1) is 30.8. The molecule has 0 radical (unpaired) electrons. The van der Waals surface area contributed by atoms with E-state index in [2.05, 4.69) is 67.7 Å². The topological polar surface area (TPSA) is 46.2 Å². The van der Waals surface area contributed by atoms with Gasteiger partial charge in [-0.05, 0) is 66.1 Å². The van der Waals surface area contributed by atoms with E-state index in [-0.39, 0.29) is 15.8 Å². The van der Waals surface area contributed by atoms with Gasteiger partial charge >= 0.3 is 0 Å². The molecular weight excluding hydrogens is 503 g/mol. The van der Waals surface area contributed by atoms with E-state index >= 15 is 4.39 Å². The zero-order valence-corrected chi connectivity index (χ0v) is 26.9. The average Bonchev–Trinajstić information content (AvgIpc) is 2.78. The van der Waals surface area contributed by atoms with Crippen LogP contribution in [0.5, 0.6) is 28.7 Å². The molecule has 0 spiro atoms. The molecule has 5 nitrogen and oxygen atoms in total. The summed E-state index contributed by atoms with van der Waals surface area (Å²) in [4.78, 5) is 0. The lowest BCUT2D eigenvalue weighted by Crippen LogP contribution is -2.46. The van der Waals surface area contributed by atoms with Crippen molar-refractivity contribution in [1.82, 2.24) is 0 Å². The van der Waals surface area contributed by atoms with E-state index in [0.717, 1.165) is 11.1 Å². The standard InChI is InChI=1S/C29H45FO5Si2/c1-28(2,3)36(10,11)34-25-21(16-17-22(30)26(25)35-37(12,13)29(4,5)6)15-14-20-18-23(31-7)27(33-9)24(19-20)32-8/h14-19H,1-13H3/b15-14-. The normalized spacial score (nSPS) is 13.0. The van der Waals surface area contributed by atoms with Gasteiger partial charge in [-0.2, -0.15) is 0 Å². The Kier molecular flexibility index (Phi) is 9.24. The second-order valence-electron chi connectivity index (χ2n) is 12.3. The quantitative estimate of drug-likeness (QED) is 0.231. The van der Waals surface area contributed by atoms with Gasteiger partial charge in [-0.15, -0.1) is 0 Å². The van der Waals surface area contributed by atoms with E-state index in [1.807, 2.05) is 24.3 Å². The maximum atomic E-state index is 15.4. The van der Waals surface area contributed by atoms with Crippen LogP contribution >= 0.6 is 0 Å². The lowest BCUT2D eigenvalue weighted by atomic mass is 10.1. The molecule has 206 valence electrons. The zero-order chi connectivity index (χ0) is 28.4. The second-order valence-corrected chi connectivity index (χ2v) is 21.8. The van der Waals surface area contributed by atoms with Gasteiger partial charge in [0.25, 0.3) is 16.6 Å². The highest BCUT2D eigenvalue weighted by Gasteiger charge is 2.43. The molecule has 0 N–H and O–H groups in total. The van der Waals surface area contributed by atoms with Crippen molar-refractivity contribution in [2.75, 3.05) is 21.3 Å². The third-order valence-corrected chi connectivity index (χ3v) is 16.2. The highest BCUT2D eigenvalue weighted by Crippen LogP contribution is 2.46. The van der Waals surface area contributed by atoms with Gasteiger partial charge in [0, 0.05) is 5.56 Å². The van der Waals surface area contributed by atoms with Gasteiger partial charge in [0.15, 0.2) is 28.8 Å². The van der Waals surface area contributed by atoms with E-state index in [9.17, 15) is 0 Å². The Bertz CT molecular complexity index is 1100. The molecular formula is C29H45FO5Si2. The molecule has 0 unspecified atom stereocenters. The molecule has 0 aromatic heterocycles. The number of rotatable bonds is 9. The van der Waals surface area contributed by atoms with Crippen LogP contribution in [0.3, 0.4) is 0 Å². The van der Waals surface area contributed by atoms with E-state index in [1.54, 1.807) is 27.4 Å². The van der Waals surface area contributed by atoms with Crippen molar-refractivity contribution in [2.24, 2.45) is 0 Å². The summed E-state index contributed by atoms with van der Waals surface area (Å²) >= 11 is 0. The maximum Gasteiger partial charge on any atom is 0.250 e. The van der Waals surface area contributed by atoms with E-state index in [4.69, 9.17) is 23.1 Å². The van der Waals surface area contributed by atoms with Crippen molar-refractivity contribution in [3.05, 3.63) is 41.2 Å². The molecule has 2 aromatic rings. The van der Waals surface area contributed by atoms with Crippen LogP contribution < -0.4 is 23.1 Å². The molecule has 2 aromatic carbocycles. The van der Waals surface area contributed by atoms with Gasteiger partial charge in [0.2, 0.25) is 5.75 Å². The Labute approximate surface area is 225 Å². The molecule has 0 saturated heterocycles. The van der Waals surface area contributed by atoms with Gasteiger partial charge in [-0.3, -0.25) is 0 Å². The summed E-state index contributed by atoms with van der Waals surface area (Å²) in [5.74, 6) is 1.88. The molecule has 0 fully saturated rings. The van der Waals surface area contributed by atoms with Crippen molar-refractivity contribution < 1.29 is 27.5 Å². The summed E-state index contributed by atoms with van der Waals surface area (Å²) < 4.78 is 45.2. The minimum absolute atomic E-state index is 0.0781. The third kappa shape index (κ3) is 6.90. The number of halogens is 1. The highest BCUT2D eigenvalue weighted by atomic mass is 28.4. The molecule has 0 saturated carbocycles. The molecule has 37 heavy (non-hydrogen) atoms. The maximum absolute atomic E-state index is 15.4. The van der Waals surface area contributed by atoms with Gasteiger partial charge in [-0.25, -0.2) is 4.39 Å². The van der Waals surface area contributed by atoms with Crippen LogP contribution in [0.4, 0.5) is 4.39 Å². The number of hydrogen-bond acceptors (Lipinski definition) is 5. The van der Waals surface area contributed by atoms with Gasteiger partial charge in [-0.1, -0.05) is 53.7 Å². The molecule has 0 heterocycles. The van der Waals surface area contributed by atoms with Crippen LogP contribution in [0.2, 0.25) is 36.3 Å². The molecule has 8 heteroatoms. The fraction of sp³-hybridized carbons (Fsp3) is 0.517. The summed E-state index contributed by atoms with van der Waals surface area (Å²) in [6.07, 6.45) is 3.84. The second kappa shape index (κ2) is 11.1. The van der Waals surface area contributed by atoms with Crippen LogP contribution in [0.25, 0.3) is 12.2 Å². The fourth-order valence-electron chi connectivity index (χ4n) is 3.09. The van der Waals surface area contributed by atoms with Crippen LogP contribution in [0.1, 0.15) is 52.7 Å². The van der Waals surface area contributed by atoms with Crippen molar-refractivity contribution >= 4 is 28.8 Å². The zero-order valence-electron chi connectivity index (χ0n) is 24.9. The van der Waals surface area contributed by atoms with Crippen LogP contribution in [-0.2, 0) is 0 Å². The summed E-state index contributed by atoms with van der Waals surface area (Å²) in [7, 11) is 0.0646. The van der Waals surface area contributed by atoms with Crippen LogP contribution in [0, 0.1) is 5.82 Å². The first-order valence-corrected chi connectivity index (χ1v) is 18.4. The third-order valence-electron chi connectivity index (χ3n) is 7.56. The lowest BCUT2D eigenvalue weighted by Gasteiger charge is -2.40. The SMILES string of the molecule is COc1cc(/C=C\c2ccc(F)c(O[Si](C)(C)C(C)(C)C)c2O[Si](C)(C)C(C)(C)C)cc(OC)c1OC. The smallest absolute Gasteiger partial charge is 0.250 e. The Morgan fingerprint density at radius 3 is 1.51 bits per heavy atom. The fourth-order valence-corrected chi connectivity index (χ4v) is 5.12. The van der Waals surface area contributed by atoms with Gasteiger partial charge in [0.05, 0.1) is 21.3 Å². The van der Waals surface area contributed by atoms with E-state index in [0.29, 0.717) is 23.0 Å². The summed E-state index contributed by atoms with van der Waals surface area (Å²) in [6.45, 7) is 21.4. The summed E-state index contributed by atoms with van der Waals surface area (Å²) in [5, 5.41) is -0.180. The highest BCUT2D eigenvalue weighted by molar-refractivity contribution is 6.75. The molecule has 0 bridgehead atoms. The summed E-state index contributed by atoms with van der Waals surface area (Å²) in [6, 6.07) is 6.92. The van der Waals surface area contributed by atoms with Crippen LogP contribution in [-0.4, -0.2) is 38.0 Å². The Balaban J connectivity index is 2.72. The molecule has 0 atom stereocenters. The van der Waals surface area contributed by atoms with E-state index < -0.39 is 22.5 Å². The Morgan fingerprint density at radius 1 is 0.649 bits per heavy atom. The van der Waals surface area contributed by atoms with Crippen molar-refractivity contribution in [3.63, 3.8) is 0 Å². The van der Waals surface area contributed by atoms with Crippen molar-refractivity contribution in [3.8, 4) is 28.7 Å². The van der Waals surface area contributed by atoms with E-state index in [1.165, 1.54) is 6.07 Å². The number of benzene rings is 2. The number of ether oxygens (including phenoxy) is 3. The lowest BCUT2D eigenvalue weighted by molar-refractivity contribution is 0.324. The monoisotopic (exact) mass is 548 g/mol. The minimum Gasteiger partial charge on any atom is -0.541 e. The first-order valence-electron chi connectivity index (χ1n) is 12.6. The predicted octanol–water partition coefficient (Wildman–Crippen LogP) is 8.79. The first-order chi connectivity index (χ1) is 16.9. The van der Waals surface area contributed by atoms with Crippen molar-refractivity contribution in [2.45, 2.75) is 77.8 Å². The molecule has 0 aliphatic rings. The largest absolute Gasteiger partial charge is 0.541 e. The van der Waals surface area contributed by atoms with Crippen molar-refractivity contribution in [1.29, 1.82) is 0 Å². The molecule has 0 aliphatic heterocycles. The predicted molar refractivity (Wildman–Crippen MR) is 157 cm³/mol. The molecule has 0 aliphatic carbocycles. The minimum atomic E-state index is -2.35. The number of methoxy groups -OCH3 is 3. The van der Waals surface area contributed by atoms with Crippen LogP contribution in [0.15, 0.2) is 24.3 Å². The Morgan fingerprint density at radius 2 is 1.11 bits per heavy atom. The molecule has 2 rings (SSSR count). The Hall–Kier alpha value is -2.46. The van der Waals surface area contributed by atoms with Gasteiger partial charge in [0.1, 0.15) is 0 Å². The average molecular weight is 549 g/mol. The number of hydrogen-bond donors (Lipinski definition) is 0.